The summed E-state index contributed by atoms with van der Waals surface area (Å²) in [6.07, 6.45) is -0.726. The molecule has 18 nitrogen and oxygen atoms in total. The molecule has 0 fully saturated rings. The van der Waals surface area contributed by atoms with Gasteiger partial charge in [0.1, 0.15) is 12.1 Å². The molecule has 0 saturated carbocycles. The van der Waals surface area contributed by atoms with Gasteiger partial charge in [-0.25, -0.2) is 0 Å². The monoisotopic (exact) mass is 718 g/mol. The van der Waals surface area contributed by atoms with Gasteiger partial charge in [-0.05, 0) is 12.8 Å². The van der Waals surface area contributed by atoms with Gasteiger partial charge in [0, 0.05) is 24.3 Å². The molecule has 0 aliphatic carbocycles. The van der Waals surface area contributed by atoms with Crippen molar-refractivity contribution in [3.63, 3.8) is 0 Å². The molecule has 0 rings (SSSR count). The zero-order chi connectivity index (χ0) is 31.4. The van der Waals surface area contributed by atoms with E-state index in [1.807, 2.05) is 10.6 Å². The molecule has 0 aromatic carbocycles. The van der Waals surface area contributed by atoms with E-state index in [2.05, 4.69) is 35.9 Å². The van der Waals surface area contributed by atoms with Crippen molar-refractivity contribution < 1.29 is 79.2 Å². The topological polar surface area (TPSA) is 323 Å². The molecule has 10 N–H and O–H groups in total. The van der Waals surface area contributed by atoms with Gasteiger partial charge in [0.25, 0.3) is 0 Å². The van der Waals surface area contributed by atoms with Crippen LogP contribution in [0.5, 0.6) is 0 Å². The summed E-state index contributed by atoms with van der Waals surface area (Å²) in [5.41, 5.74) is 10.9. The first kappa shape index (κ1) is 42.5. The summed E-state index contributed by atoms with van der Waals surface area (Å²) < 4.78 is 0. The molecule has 0 spiro atoms. The van der Waals surface area contributed by atoms with Gasteiger partial charge >= 0.3 is 32.4 Å². The Kier molecular flexibility index (Phi) is 24.6. The minimum Gasteiger partial charge on any atom is -0.548 e. The molecule has 0 radical (unpaired) electrons. The first-order valence-electron chi connectivity index (χ1n) is 11.3. The van der Waals surface area contributed by atoms with Crippen LogP contribution in [0, 0.1) is 0 Å². The largest absolute Gasteiger partial charge is 2.00 e. The molecule has 236 valence electrons. The fourth-order valence-corrected chi connectivity index (χ4v) is 2.85. The Labute approximate surface area is 258 Å². The van der Waals surface area contributed by atoms with E-state index in [1.165, 1.54) is 0 Å². The quantitative estimate of drug-likeness (QED) is 0.0465. The summed E-state index contributed by atoms with van der Waals surface area (Å²) in [5.74, 6) is -8.20. The molecule has 0 aliphatic heterocycles. The molecule has 4 atom stereocenters. The average molecular weight is 719 g/mol. The van der Waals surface area contributed by atoms with Gasteiger partial charge in [0.2, 0.25) is 23.6 Å². The Bertz CT molecular complexity index is 857. The van der Waals surface area contributed by atoms with E-state index < -0.39 is 84.8 Å². The van der Waals surface area contributed by atoms with Crippen molar-refractivity contribution >= 4 is 72.8 Å². The third-order valence-corrected chi connectivity index (χ3v) is 5.19. The van der Waals surface area contributed by atoms with Crippen molar-refractivity contribution in [1.29, 1.82) is 0 Å². The van der Waals surface area contributed by atoms with Crippen LogP contribution in [0.4, 0.5) is 0 Å². The van der Waals surface area contributed by atoms with Gasteiger partial charge in [-0.15, -0.1) is 0 Å². The zero-order valence-corrected chi connectivity index (χ0v) is 24.7. The summed E-state index contributed by atoms with van der Waals surface area (Å²) >= 11 is 7.71. The maximum Gasteiger partial charge on any atom is 2.00 e. The van der Waals surface area contributed by atoms with E-state index in [0.29, 0.717) is 0 Å². The fourth-order valence-electron chi connectivity index (χ4n) is 2.33. The van der Waals surface area contributed by atoms with Crippen LogP contribution < -0.4 is 42.9 Å². The summed E-state index contributed by atoms with van der Waals surface area (Å²) in [6.45, 7) is -1.38. The number of thiol groups is 2. The number of carboxylic acid groups (broad SMARTS) is 4. The molecule has 0 bridgehead atoms. The van der Waals surface area contributed by atoms with Crippen LogP contribution in [0.1, 0.15) is 25.7 Å². The van der Waals surface area contributed by atoms with Gasteiger partial charge in [0.05, 0.1) is 37.1 Å². The van der Waals surface area contributed by atoms with Crippen molar-refractivity contribution in [1.82, 2.24) is 21.3 Å². The minimum absolute atomic E-state index is 0. The molecule has 0 saturated heterocycles. The predicted octanol–water partition coefficient (Wildman–Crippen LogP) is -7.08. The zero-order valence-electron chi connectivity index (χ0n) is 21.3. The summed E-state index contributed by atoms with van der Waals surface area (Å²) in [6, 6.07) is -4.30. The summed E-state index contributed by atoms with van der Waals surface area (Å²) in [5, 5.41) is 45.9. The molecule has 0 aliphatic rings. The average Bonchev–Trinajstić information content (AvgIpc) is 2.88. The predicted molar refractivity (Wildman–Crippen MR) is 137 cm³/mol. The minimum atomic E-state index is -1.47. The smallest absolute Gasteiger partial charge is 0.548 e. The van der Waals surface area contributed by atoms with Crippen LogP contribution in [0.2, 0.25) is 0 Å². The molecular formula is C20H32N6O12PdS2. The Balaban J connectivity index is -0.000000688. The van der Waals surface area contributed by atoms with E-state index in [1.54, 1.807) is 0 Å². The Morgan fingerprint density at radius 1 is 0.634 bits per heavy atom. The SMILES string of the molecule is N[C@@H](CCC(=O)O)C(=O)N[C@@H](CS)C(=O)NCC(=O)[O-].N[C@@H](CCC(=O)O)C(=O)N[C@@H](CS)C(=O)NCC(=O)[O-].[Pd+2]. The number of carboxylic acids is 4. The van der Waals surface area contributed by atoms with Crippen molar-refractivity contribution in [2.75, 3.05) is 24.6 Å². The van der Waals surface area contributed by atoms with Crippen molar-refractivity contribution in [2.24, 2.45) is 11.5 Å². The van der Waals surface area contributed by atoms with E-state index in [-0.39, 0.29) is 57.6 Å². The molecular weight excluding hydrogens is 687 g/mol. The molecule has 0 aromatic heterocycles. The van der Waals surface area contributed by atoms with Crippen LogP contribution >= 0.6 is 25.3 Å². The van der Waals surface area contributed by atoms with E-state index >= 15 is 0 Å². The molecule has 0 heterocycles. The van der Waals surface area contributed by atoms with Gasteiger partial charge in [-0.2, -0.15) is 25.3 Å². The molecule has 21 heteroatoms. The Morgan fingerprint density at radius 3 is 1.15 bits per heavy atom. The number of amides is 4. The van der Waals surface area contributed by atoms with E-state index in [9.17, 15) is 48.6 Å². The number of hydrogen-bond donors (Lipinski definition) is 10. The van der Waals surface area contributed by atoms with Crippen molar-refractivity contribution in [3.05, 3.63) is 0 Å². The molecule has 4 amide bonds. The number of aliphatic carboxylic acids is 4. The first-order chi connectivity index (χ1) is 18.5. The van der Waals surface area contributed by atoms with E-state index in [0.717, 1.165) is 0 Å². The number of hydrogen-bond acceptors (Lipinski definition) is 14. The number of carbonyl (C=O) groups excluding carboxylic acids is 6. The van der Waals surface area contributed by atoms with Crippen LogP contribution in [-0.4, -0.2) is 106 Å². The third kappa shape index (κ3) is 22.4. The summed E-state index contributed by atoms with van der Waals surface area (Å²) in [7, 11) is 0. The number of nitrogens with two attached hydrogens (primary N) is 2. The van der Waals surface area contributed by atoms with Gasteiger partial charge in [-0.1, -0.05) is 0 Å². The van der Waals surface area contributed by atoms with Gasteiger partial charge in [-0.3, -0.25) is 28.8 Å². The van der Waals surface area contributed by atoms with Crippen molar-refractivity contribution in [2.45, 2.75) is 49.9 Å². The Morgan fingerprint density at radius 2 is 0.927 bits per heavy atom. The third-order valence-electron chi connectivity index (χ3n) is 4.46. The second kappa shape index (κ2) is 23.7. The standard InChI is InChI=1S/2C10H17N3O6S.Pd/c2*11-5(1-2-7(14)15)9(18)13-6(4-20)10(19)12-3-8(16)17;/h2*5-6,20H,1-4,11H2,(H,12,19)(H,13,18)(H,14,15)(H,16,17);/q;;+2/p-2/t2*5-,6-;/m00./s1. The Hall–Kier alpha value is -2.96. The normalized spacial score (nSPS) is 12.8. The van der Waals surface area contributed by atoms with Crippen molar-refractivity contribution in [3.8, 4) is 0 Å². The molecule has 41 heavy (non-hydrogen) atoms. The van der Waals surface area contributed by atoms with Crippen LogP contribution in [0.3, 0.4) is 0 Å². The van der Waals surface area contributed by atoms with Crippen LogP contribution in [0.15, 0.2) is 0 Å². The summed E-state index contributed by atoms with van der Waals surface area (Å²) in [4.78, 5) is 87.2. The first-order valence-corrected chi connectivity index (χ1v) is 12.5. The van der Waals surface area contributed by atoms with E-state index in [4.69, 9.17) is 21.7 Å². The second-order valence-electron chi connectivity index (χ2n) is 7.74. The number of rotatable bonds is 18. The maximum absolute atomic E-state index is 11.6. The number of carbonyl (C=O) groups is 8. The second-order valence-corrected chi connectivity index (χ2v) is 8.48. The molecule has 0 aromatic rings. The fraction of sp³-hybridized carbons (Fsp3) is 0.600. The van der Waals surface area contributed by atoms with Gasteiger partial charge in [0.15, 0.2) is 0 Å². The number of nitrogens with one attached hydrogen (secondary N) is 4. The van der Waals surface area contributed by atoms with Crippen LogP contribution in [0.25, 0.3) is 0 Å². The maximum atomic E-state index is 11.6. The molecule has 0 unspecified atom stereocenters. The van der Waals surface area contributed by atoms with Gasteiger partial charge < -0.3 is 62.7 Å². The van der Waals surface area contributed by atoms with Crippen LogP contribution in [-0.2, 0) is 58.8 Å².